The van der Waals surface area contributed by atoms with Crippen LogP contribution in [0.25, 0.3) is 0 Å². The number of aliphatic carboxylic acids is 1. The van der Waals surface area contributed by atoms with Crippen LogP contribution >= 0.6 is 11.8 Å². The summed E-state index contributed by atoms with van der Waals surface area (Å²) in [5.41, 5.74) is 0.982. The van der Waals surface area contributed by atoms with Gasteiger partial charge in [-0.3, -0.25) is 4.79 Å². The molecule has 0 aliphatic carbocycles. The summed E-state index contributed by atoms with van der Waals surface area (Å²) in [7, 11) is 0. The standard InChI is InChI=1S/C13H16O3S/c1-8(12(14)15)7-9-5-4-6-10-11(9)16-13(2,3)17-10/h4-6,8H,7H2,1-3H3,(H,14,15). The highest BCUT2D eigenvalue weighted by atomic mass is 32.2. The summed E-state index contributed by atoms with van der Waals surface area (Å²) in [5.74, 6) is -0.304. The number of hydrogen-bond acceptors (Lipinski definition) is 3. The molecule has 0 saturated heterocycles. The number of carboxylic acids is 1. The largest absolute Gasteiger partial charge is 0.481 e. The lowest BCUT2D eigenvalue weighted by molar-refractivity contribution is -0.141. The number of ether oxygens (including phenoxy) is 1. The predicted molar refractivity (Wildman–Crippen MR) is 67.5 cm³/mol. The summed E-state index contributed by atoms with van der Waals surface area (Å²) in [4.78, 5) is 11.7. The van der Waals surface area contributed by atoms with Crippen LogP contribution in [-0.4, -0.2) is 16.0 Å². The fraction of sp³-hybridized carbons (Fsp3) is 0.462. The van der Waals surface area contributed by atoms with Gasteiger partial charge in [-0.05, 0) is 31.9 Å². The maximum absolute atomic E-state index is 10.9. The Morgan fingerprint density at radius 1 is 1.53 bits per heavy atom. The molecule has 17 heavy (non-hydrogen) atoms. The van der Waals surface area contributed by atoms with Gasteiger partial charge >= 0.3 is 5.97 Å². The average molecular weight is 252 g/mol. The monoisotopic (exact) mass is 252 g/mol. The minimum atomic E-state index is -0.771. The second-order valence-electron chi connectivity index (χ2n) is 4.79. The van der Waals surface area contributed by atoms with E-state index in [-0.39, 0.29) is 10.9 Å². The quantitative estimate of drug-likeness (QED) is 0.897. The van der Waals surface area contributed by atoms with Gasteiger partial charge in [-0.25, -0.2) is 0 Å². The Balaban J connectivity index is 2.27. The van der Waals surface area contributed by atoms with Crippen molar-refractivity contribution in [3.05, 3.63) is 23.8 Å². The first-order valence-electron chi connectivity index (χ1n) is 5.62. The van der Waals surface area contributed by atoms with Gasteiger partial charge in [0.25, 0.3) is 0 Å². The summed E-state index contributed by atoms with van der Waals surface area (Å²) < 4.78 is 5.88. The van der Waals surface area contributed by atoms with Crippen molar-refractivity contribution in [1.82, 2.24) is 0 Å². The molecule has 0 fully saturated rings. The molecule has 0 spiro atoms. The summed E-state index contributed by atoms with van der Waals surface area (Å²) in [6.07, 6.45) is 0.509. The molecular formula is C13H16O3S. The van der Waals surface area contributed by atoms with Gasteiger partial charge in [-0.2, -0.15) is 0 Å². The molecule has 1 aliphatic heterocycles. The Morgan fingerprint density at radius 2 is 2.24 bits per heavy atom. The number of rotatable bonds is 3. The van der Waals surface area contributed by atoms with Crippen LogP contribution in [0.5, 0.6) is 5.75 Å². The summed E-state index contributed by atoms with van der Waals surface area (Å²) in [6, 6.07) is 5.92. The number of benzene rings is 1. The predicted octanol–water partition coefficient (Wildman–Crippen LogP) is 3.17. The van der Waals surface area contributed by atoms with E-state index in [1.807, 2.05) is 32.0 Å². The third-order valence-electron chi connectivity index (χ3n) is 2.71. The molecule has 0 amide bonds. The topological polar surface area (TPSA) is 46.5 Å². The van der Waals surface area contributed by atoms with Crippen LogP contribution < -0.4 is 4.74 Å². The molecular weight excluding hydrogens is 236 g/mol. The lowest BCUT2D eigenvalue weighted by Crippen LogP contribution is -2.19. The molecule has 3 nitrogen and oxygen atoms in total. The smallest absolute Gasteiger partial charge is 0.306 e. The van der Waals surface area contributed by atoms with Crippen LogP contribution in [0.3, 0.4) is 0 Å². The van der Waals surface area contributed by atoms with E-state index in [2.05, 4.69) is 0 Å². The Hall–Kier alpha value is -1.16. The highest BCUT2D eigenvalue weighted by Crippen LogP contribution is 2.48. The van der Waals surface area contributed by atoms with E-state index in [1.165, 1.54) is 0 Å². The van der Waals surface area contributed by atoms with Crippen molar-refractivity contribution in [3.8, 4) is 5.75 Å². The molecule has 0 aromatic heterocycles. The second-order valence-corrected chi connectivity index (χ2v) is 6.42. The minimum absolute atomic E-state index is 0.259. The molecule has 1 atom stereocenters. The van der Waals surface area contributed by atoms with E-state index in [4.69, 9.17) is 9.84 Å². The van der Waals surface area contributed by atoms with E-state index >= 15 is 0 Å². The van der Waals surface area contributed by atoms with Crippen LogP contribution in [0.15, 0.2) is 23.1 Å². The fourth-order valence-electron chi connectivity index (χ4n) is 1.87. The van der Waals surface area contributed by atoms with Crippen LogP contribution in [0.2, 0.25) is 0 Å². The molecule has 0 radical (unpaired) electrons. The van der Waals surface area contributed by atoms with Crippen molar-refractivity contribution in [3.63, 3.8) is 0 Å². The van der Waals surface area contributed by atoms with Gasteiger partial charge in [-0.15, -0.1) is 0 Å². The van der Waals surface area contributed by atoms with Gasteiger partial charge in [0, 0.05) is 0 Å². The Morgan fingerprint density at radius 3 is 2.88 bits per heavy atom. The van der Waals surface area contributed by atoms with Gasteiger partial charge < -0.3 is 9.84 Å². The van der Waals surface area contributed by atoms with Crippen LogP contribution in [0, 0.1) is 5.92 Å². The van der Waals surface area contributed by atoms with Gasteiger partial charge in [0.1, 0.15) is 5.75 Å². The molecule has 0 saturated carbocycles. The molecule has 2 rings (SSSR count). The van der Waals surface area contributed by atoms with E-state index < -0.39 is 5.97 Å². The van der Waals surface area contributed by atoms with Crippen molar-refractivity contribution in [2.75, 3.05) is 0 Å². The third kappa shape index (κ3) is 2.57. The Bertz CT molecular complexity index is 454. The average Bonchev–Trinajstić information content (AvgIpc) is 2.53. The van der Waals surface area contributed by atoms with Crippen molar-refractivity contribution in [2.24, 2.45) is 5.92 Å². The first kappa shape index (κ1) is 12.3. The zero-order chi connectivity index (χ0) is 12.6. The molecule has 1 aliphatic rings. The highest BCUT2D eigenvalue weighted by Gasteiger charge is 2.33. The summed E-state index contributed by atoms with van der Waals surface area (Å²) in [6.45, 7) is 5.75. The first-order valence-corrected chi connectivity index (χ1v) is 6.43. The van der Waals surface area contributed by atoms with E-state index in [0.717, 1.165) is 16.2 Å². The zero-order valence-electron chi connectivity index (χ0n) is 10.2. The number of carboxylic acid groups (broad SMARTS) is 1. The lowest BCUT2D eigenvalue weighted by atomic mass is 10.0. The molecule has 0 bridgehead atoms. The Kier molecular flexibility index (Phi) is 3.08. The third-order valence-corrected chi connectivity index (χ3v) is 3.83. The molecule has 1 N–H and O–H groups in total. The zero-order valence-corrected chi connectivity index (χ0v) is 11.0. The number of fused-ring (bicyclic) bond motifs is 1. The number of carbonyl (C=O) groups is 1. The maximum atomic E-state index is 10.9. The van der Waals surface area contributed by atoms with Crippen molar-refractivity contribution in [1.29, 1.82) is 0 Å². The van der Waals surface area contributed by atoms with Gasteiger partial charge in [-0.1, -0.05) is 30.8 Å². The highest BCUT2D eigenvalue weighted by molar-refractivity contribution is 8.00. The second kappa shape index (κ2) is 4.26. The van der Waals surface area contributed by atoms with Crippen LogP contribution in [0.1, 0.15) is 26.3 Å². The molecule has 4 heteroatoms. The lowest BCUT2D eigenvalue weighted by Gasteiger charge is -2.17. The van der Waals surface area contributed by atoms with Crippen LogP contribution in [0.4, 0.5) is 0 Å². The molecule has 92 valence electrons. The van der Waals surface area contributed by atoms with Crippen molar-refractivity contribution in [2.45, 2.75) is 37.0 Å². The van der Waals surface area contributed by atoms with E-state index in [9.17, 15) is 4.79 Å². The summed E-state index contributed by atoms with van der Waals surface area (Å²) >= 11 is 1.67. The van der Waals surface area contributed by atoms with Gasteiger partial charge in [0.05, 0.1) is 10.8 Å². The molecule has 1 heterocycles. The van der Waals surface area contributed by atoms with Gasteiger partial charge in [0.15, 0.2) is 4.93 Å². The normalized spacial score (nSPS) is 18.3. The van der Waals surface area contributed by atoms with Crippen LogP contribution in [-0.2, 0) is 11.2 Å². The van der Waals surface area contributed by atoms with E-state index in [1.54, 1.807) is 18.7 Å². The number of para-hydroxylation sites is 1. The van der Waals surface area contributed by atoms with Crippen molar-refractivity contribution < 1.29 is 14.6 Å². The minimum Gasteiger partial charge on any atom is -0.481 e. The Labute approximate surface area is 105 Å². The first-order chi connectivity index (χ1) is 7.89. The van der Waals surface area contributed by atoms with Gasteiger partial charge in [0.2, 0.25) is 0 Å². The molecule has 1 unspecified atom stereocenters. The number of thioether (sulfide) groups is 1. The molecule has 1 aromatic carbocycles. The van der Waals surface area contributed by atoms with E-state index in [0.29, 0.717) is 6.42 Å². The fourth-order valence-corrected chi connectivity index (χ4v) is 2.93. The SMILES string of the molecule is CC(Cc1cccc2c1OC(C)(C)S2)C(=O)O. The maximum Gasteiger partial charge on any atom is 0.306 e. The molecule has 1 aromatic rings. The summed E-state index contributed by atoms with van der Waals surface area (Å²) in [5, 5.41) is 8.95. The number of hydrogen-bond donors (Lipinski definition) is 1. The van der Waals surface area contributed by atoms with Crippen molar-refractivity contribution >= 4 is 17.7 Å².